The zero-order chi connectivity index (χ0) is 23.8. The number of hydrogen-bond acceptors (Lipinski definition) is 5. The molecule has 0 atom stereocenters. The van der Waals surface area contributed by atoms with E-state index in [1.807, 2.05) is 24.3 Å². The van der Waals surface area contributed by atoms with Gasteiger partial charge in [0, 0.05) is 30.0 Å². The summed E-state index contributed by atoms with van der Waals surface area (Å²) in [6.45, 7) is 8.34. The van der Waals surface area contributed by atoms with Crippen molar-refractivity contribution >= 4 is 23.2 Å². The lowest BCUT2D eigenvalue weighted by Crippen LogP contribution is -2.29. The summed E-state index contributed by atoms with van der Waals surface area (Å²) in [5.41, 5.74) is 2.92. The van der Waals surface area contributed by atoms with E-state index in [2.05, 4.69) is 41.4 Å². The van der Waals surface area contributed by atoms with Crippen molar-refractivity contribution in [3.63, 3.8) is 0 Å². The third-order valence-electron chi connectivity index (χ3n) is 5.31. The third kappa shape index (κ3) is 6.92. The van der Waals surface area contributed by atoms with E-state index >= 15 is 0 Å². The lowest BCUT2D eigenvalue weighted by Gasteiger charge is -2.24. The molecule has 0 aliphatic carbocycles. The molecule has 0 aliphatic heterocycles. The van der Waals surface area contributed by atoms with Crippen LogP contribution in [0.4, 0.5) is 11.4 Å². The average Bonchev–Trinajstić information content (AvgIpc) is 3.24. The topological polar surface area (TPSA) is 88.5 Å². The number of nitrogens with zero attached hydrogens (tertiary/aromatic N) is 3. The average molecular weight is 450 g/mol. The molecule has 0 radical (unpaired) electrons. The maximum atomic E-state index is 12.6. The van der Waals surface area contributed by atoms with E-state index in [-0.39, 0.29) is 18.4 Å². The number of rotatable bonds is 10. The van der Waals surface area contributed by atoms with Crippen LogP contribution in [0.2, 0.25) is 0 Å². The first-order valence-electron chi connectivity index (χ1n) is 11.0. The second kappa shape index (κ2) is 11.3. The summed E-state index contributed by atoms with van der Waals surface area (Å²) < 4.78 is 6.58. The first-order chi connectivity index (χ1) is 15.9. The van der Waals surface area contributed by atoms with Crippen molar-refractivity contribution in [1.82, 2.24) is 14.7 Å². The van der Waals surface area contributed by atoms with Crippen LogP contribution in [0.5, 0.6) is 5.75 Å². The Kier molecular flexibility index (Phi) is 8.21. The largest absolute Gasteiger partial charge is 0.497 e. The molecule has 1 aromatic heterocycles. The minimum Gasteiger partial charge on any atom is -0.497 e. The molecule has 2 N–H and O–H groups in total. The van der Waals surface area contributed by atoms with Crippen LogP contribution in [0.25, 0.3) is 0 Å². The Morgan fingerprint density at radius 3 is 2.33 bits per heavy atom. The smallest absolute Gasteiger partial charge is 0.255 e. The maximum Gasteiger partial charge on any atom is 0.255 e. The number of ether oxygens (including phenoxy) is 1. The van der Waals surface area contributed by atoms with Crippen LogP contribution in [-0.2, 0) is 17.9 Å². The van der Waals surface area contributed by atoms with E-state index < -0.39 is 0 Å². The summed E-state index contributed by atoms with van der Waals surface area (Å²) in [6, 6.07) is 15.1. The highest BCUT2D eigenvalue weighted by Crippen LogP contribution is 2.15. The normalized spacial score (nSPS) is 11.0. The van der Waals surface area contributed by atoms with Gasteiger partial charge in [-0.1, -0.05) is 19.1 Å². The molecular formula is C25H31N5O3. The molecule has 8 nitrogen and oxygen atoms in total. The first-order valence-corrected chi connectivity index (χ1v) is 11.0. The summed E-state index contributed by atoms with van der Waals surface area (Å²) in [7, 11) is 1.59. The highest BCUT2D eigenvalue weighted by molar-refractivity contribution is 6.04. The summed E-state index contributed by atoms with van der Waals surface area (Å²) >= 11 is 0. The number of hydrogen-bond donors (Lipinski definition) is 2. The fourth-order valence-corrected chi connectivity index (χ4v) is 3.40. The van der Waals surface area contributed by atoms with E-state index in [0.717, 1.165) is 18.7 Å². The van der Waals surface area contributed by atoms with Crippen LogP contribution in [0.1, 0.15) is 36.7 Å². The zero-order valence-corrected chi connectivity index (χ0v) is 19.5. The molecule has 174 valence electrons. The molecule has 2 aromatic carbocycles. The van der Waals surface area contributed by atoms with Gasteiger partial charge in [0.25, 0.3) is 5.91 Å². The van der Waals surface area contributed by atoms with Gasteiger partial charge in [-0.05, 0) is 62.4 Å². The molecule has 0 saturated heterocycles. The quantitative estimate of drug-likeness (QED) is 0.488. The summed E-state index contributed by atoms with van der Waals surface area (Å²) in [5, 5.41) is 9.79. The fraction of sp³-hybridized carbons (Fsp3) is 0.320. The van der Waals surface area contributed by atoms with Gasteiger partial charge in [-0.3, -0.25) is 19.2 Å². The first kappa shape index (κ1) is 24.0. The number of carbonyl (C=O) groups is 2. The molecule has 0 aliphatic rings. The van der Waals surface area contributed by atoms with Crippen molar-refractivity contribution in [3.8, 4) is 5.75 Å². The number of methoxy groups -OCH3 is 1. The van der Waals surface area contributed by atoms with Gasteiger partial charge in [-0.25, -0.2) is 0 Å². The molecule has 2 amide bonds. The van der Waals surface area contributed by atoms with Gasteiger partial charge in [0.05, 0.1) is 19.0 Å². The maximum absolute atomic E-state index is 12.6. The van der Waals surface area contributed by atoms with E-state index in [4.69, 9.17) is 4.74 Å². The molecule has 0 bridgehead atoms. The van der Waals surface area contributed by atoms with Crippen LogP contribution in [-0.4, -0.2) is 46.2 Å². The van der Waals surface area contributed by atoms with Crippen molar-refractivity contribution in [2.24, 2.45) is 0 Å². The van der Waals surface area contributed by atoms with Crippen molar-refractivity contribution in [1.29, 1.82) is 0 Å². The molecule has 1 heterocycles. The third-order valence-corrected chi connectivity index (χ3v) is 5.31. The highest BCUT2D eigenvalue weighted by atomic mass is 16.5. The van der Waals surface area contributed by atoms with Gasteiger partial charge < -0.3 is 15.4 Å². The number of amides is 2. The molecule has 8 heteroatoms. The predicted octanol–water partition coefficient (Wildman–Crippen LogP) is 4.01. The summed E-state index contributed by atoms with van der Waals surface area (Å²) in [6.07, 6.45) is 3.15. The Bertz CT molecular complexity index is 1060. The highest BCUT2D eigenvalue weighted by Gasteiger charge is 2.11. The summed E-state index contributed by atoms with van der Waals surface area (Å²) in [4.78, 5) is 27.2. The lowest BCUT2D eigenvalue weighted by molar-refractivity contribution is -0.116. The van der Waals surface area contributed by atoms with Crippen LogP contribution in [0, 0.1) is 0 Å². The Hall–Kier alpha value is -3.65. The van der Waals surface area contributed by atoms with Crippen molar-refractivity contribution < 1.29 is 14.3 Å². The van der Waals surface area contributed by atoms with Gasteiger partial charge >= 0.3 is 0 Å². The van der Waals surface area contributed by atoms with Gasteiger partial charge in [0.2, 0.25) is 5.91 Å². The van der Waals surface area contributed by atoms with Gasteiger partial charge in [-0.15, -0.1) is 0 Å². The SMILES string of the molecule is CCN(Cc1ccc(C(=O)Nc2cnn(CC(=O)Nc3ccc(OC)cc3)c2)cc1)C(C)C. The Labute approximate surface area is 194 Å². The molecule has 0 fully saturated rings. The van der Waals surface area contributed by atoms with Crippen molar-refractivity contribution in [2.45, 2.75) is 39.9 Å². The Morgan fingerprint density at radius 1 is 1.03 bits per heavy atom. The van der Waals surface area contributed by atoms with Crippen LogP contribution < -0.4 is 15.4 Å². The molecule has 0 unspecified atom stereocenters. The Morgan fingerprint density at radius 2 is 1.73 bits per heavy atom. The number of carbonyl (C=O) groups excluding carboxylic acids is 2. The second-order valence-electron chi connectivity index (χ2n) is 8.01. The van der Waals surface area contributed by atoms with Crippen LogP contribution in [0.3, 0.4) is 0 Å². The van der Waals surface area contributed by atoms with Gasteiger partial charge in [0.1, 0.15) is 12.3 Å². The van der Waals surface area contributed by atoms with E-state index in [1.54, 1.807) is 37.6 Å². The molecule has 0 spiro atoms. The zero-order valence-electron chi connectivity index (χ0n) is 19.5. The number of aromatic nitrogens is 2. The van der Waals surface area contributed by atoms with E-state index in [9.17, 15) is 9.59 Å². The van der Waals surface area contributed by atoms with Crippen LogP contribution >= 0.6 is 0 Å². The van der Waals surface area contributed by atoms with E-state index in [0.29, 0.717) is 28.7 Å². The standard InChI is InChI=1S/C25H31N5O3/c1-5-29(18(2)3)15-19-6-8-20(9-7-19)25(32)28-22-14-26-30(16-22)17-24(31)27-21-10-12-23(33-4)13-11-21/h6-14,16,18H,5,15,17H2,1-4H3,(H,27,31)(H,28,32). The molecular weight excluding hydrogens is 418 g/mol. The lowest BCUT2D eigenvalue weighted by atomic mass is 10.1. The fourth-order valence-electron chi connectivity index (χ4n) is 3.40. The van der Waals surface area contributed by atoms with Crippen molar-refractivity contribution in [3.05, 3.63) is 72.1 Å². The summed E-state index contributed by atoms with van der Waals surface area (Å²) in [5.74, 6) is 0.271. The Balaban J connectivity index is 1.53. The molecule has 0 saturated carbocycles. The second-order valence-corrected chi connectivity index (χ2v) is 8.01. The number of benzene rings is 2. The van der Waals surface area contributed by atoms with E-state index in [1.165, 1.54) is 10.9 Å². The monoisotopic (exact) mass is 449 g/mol. The van der Waals surface area contributed by atoms with Gasteiger partial charge in [0.15, 0.2) is 0 Å². The minimum atomic E-state index is -0.223. The van der Waals surface area contributed by atoms with Gasteiger partial charge in [-0.2, -0.15) is 5.10 Å². The number of nitrogens with one attached hydrogen (secondary N) is 2. The minimum absolute atomic E-state index is 0.0282. The van der Waals surface area contributed by atoms with Crippen LogP contribution in [0.15, 0.2) is 60.9 Å². The molecule has 3 rings (SSSR count). The molecule has 3 aromatic rings. The molecule has 33 heavy (non-hydrogen) atoms. The predicted molar refractivity (Wildman–Crippen MR) is 129 cm³/mol. The number of anilines is 2. The van der Waals surface area contributed by atoms with Crippen molar-refractivity contribution in [2.75, 3.05) is 24.3 Å².